The zero-order chi connectivity index (χ0) is 18.0. The summed E-state index contributed by atoms with van der Waals surface area (Å²) in [4.78, 5) is 12.0. The fourth-order valence-corrected chi connectivity index (χ4v) is 3.08. The minimum atomic E-state index is -0.589. The molecule has 126 valence electrons. The van der Waals surface area contributed by atoms with Crippen LogP contribution >= 0.6 is 0 Å². The molecule has 0 unspecified atom stereocenters. The SMILES string of the molecule is CCn1c2ccccc2c2cc(/C=C(\C#N)C(=O)OC(C)C)ccc21. The molecule has 0 saturated carbocycles. The fraction of sp³-hybridized carbons (Fsp3) is 0.238. The highest BCUT2D eigenvalue weighted by atomic mass is 16.5. The Morgan fingerprint density at radius 3 is 2.60 bits per heavy atom. The van der Waals surface area contributed by atoms with Crippen LogP contribution < -0.4 is 0 Å². The second-order valence-corrected chi connectivity index (χ2v) is 6.16. The van der Waals surface area contributed by atoms with E-state index in [-0.39, 0.29) is 11.7 Å². The molecule has 0 radical (unpaired) electrons. The quantitative estimate of drug-likeness (QED) is 0.396. The highest BCUT2D eigenvalue weighted by Gasteiger charge is 2.13. The van der Waals surface area contributed by atoms with Crippen LogP contribution in [-0.2, 0) is 16.1 Å². The van der Waals surface area contributed by atoms with Crippen LogP contribution in [0.1, 0.15) is 26.3 Å². The third-order valence-corrected chi connectivity index (χ3v) is 4.11. The number of benzene rings is 2. The minimum absolute atomic E-state index is 0.00674. The molecule has 3 rings (SSSR count). The van der Waals surface area contributed by atoms with Gasteiger partial charge in [-0.3, -0.25) is 0 Å². The van der Waals surface area contributed by atoms with Crippen LogP contribution in [-0.4, -0.2) is 16.6 Å². The van der Waals surface area contributed by atoms with Crippen LogP contribution in [0.3, 0.4) is 0 Å². The molecule has 0 atom stereocenters. The molecule has 1 aromatic heterocycles. The number of ether oxygens (including phenoxy) is 1. The first kappa shape index (κ1) is 16.8. The summed E-state index contributed by atoms with van der Waals surface area (Å²) in [5.74, 6) is -0.589. The summed E-state index contributed by atoms with van der Waals surface area (Å²) < 4.78 is 7.38. The number of hydrogen-bond donors (Lipinski definition) is 0. The van der Waals surface area contributed by atoms with E-state index in [9.17, 15) is 10.1 Å². The number of fused-ring (bicyclic) bond motifs is 3. The maximum absolute atomic E-state index is 12.0. The van der Waals surface area contributed by atoms with Crippen molar-refractivity contribution in [1.82, 2.24) is 4.57 Å². The number of hydrogen-bond acceptors (Lipinski definition) is 3. The Labute approximate surface area is 146 Å². The number of esters is 1. The first-order valence-electron chi connectivity index (χ1n) is 8.39. The van der Waals surface area contributed by atoms with Gasteiger partial charge in [0.25, 0.3) is 0 Å². The van der Waals surface area contributed by atoms with Crippen molar-refractivity contribution in [3.8, 4) is 6.07 Å². The summed E-state index contributed by atoms with van der Waals surface area (Å²) in [6, 6.07) is 16.2. The van der Waals surface area contributed by atoms with Gasteiger partial charge in [-0.05, 0) is 50.6 Å². The van der Waals surface area contributed by atoms with Crippen LogP contribution in [0.15, 0.2) is 48.0 Å². The summed E-state index contributed by atoms with van der Waals surface area (Å²) in [5, 5.41) is 11.6. The largest absolute Gasteiger partial charge is 0.459 e. The first-order chi connectivity index (χ1) is 12.0. The van der Waals surface area contributed by atoms with Crippen molar-refractivity contribution in [2.24, 2.45) is 0 Å². The van der Waals surface area contributed by atoms with E-state index >= 15 is 0 Å². The highest BCUT2D eigenvalue weighted by Crippen LogP contribution is 2.30. The van der Waals surface area contributed by atoms with Gasteiger partial charge in [-0.2, -0.15) is 5.26 Å². The van der Waals surface area contributed by atoms with Gasteiger partial charge in [0.05, 0.1) is 6.10 Å². The van der Waals surface area contributed by atoms with Gasteiger partial charge in [-0.15, -0.1) is 0 Å². The molecule has 4 heteroatoms. The molecule has 0 saturated heterocycles. The van der Waals surface area contributed by atoms with Crippen LogP contribution in [0.4, 0.5) is 0 Å². The topological polar surface area (TPSA) is 55.0 Å². The molecule has 1 heterocycles. The molecular formula is C21H20N2O2. The lowest BCUT2D eigenvalue weighted by Crippen LogP contribution is -2.12. The molecule has 2 aromatic carbocycles. The van der Waals surface area contributed by atoms with Crippen LogP contribution in [0.25, 0.3) is 27.9 Å². The van der Waals surface area contributed by atoms with Gasteiger partial charge in [0.1, 0.15) is 11.6 Å². The number of rotatable bonds is 4. The van der Waals surface area contributed by atoms with E-state index in [0.717, 1.165) is 28.4 Å². The van der Waals surface area contributed by atoms with Crippen LogP contribution in [0.2, 0.25) is 0 Å². The summed E-state index contributed by atoms with van der Waals surface area (Å²) in [5.41, 5.74) is 3.14. The average Bonchev–Trinajstić information content (AvgIpc) is 2.92. The minimum Gasteiger partial charge on any atom is -0.459 e. The third kappa shape index (κ3) is 3.14. The Hall–Kier alpha value is -3.06. The molecule has 0 fully saturated rings. The summed E-state index contributed by atoms with van der Waals surface area (Å²) in [6.45, 7) is 6.52. The molecule has 0 aliphatic heterocycles. The molecule has 0 aliphatic carbocycles. The second-order valence-electron chi connectivity index (χ2n) is 6.16. The number of nitrogens with zero attached hydrogens (tertiary/aromatic N) is 2. The van der Waals surface area contributed by atoms with Crippen molar-refractivity contribution in [1.29, 1.82) is 5.26 Å². The number of para-hydroxylation sites is 1. The second kappa shape index (κ2) is 6.82. The highest BCUT2D eigenvalue weighted by molar-refractivity contribution is 6.09. The van der Waals surface area contributed by atoms with Gasteiger partial charge < -0.3 is 9.30 Å². The van der Waals surface area contributed by atoms with Crippen molar-refractivity contribution < 1.29 is 9.53 Å². The maximum Gasteiger partial charge on any atom is 0.349 e. The van der Waals surface area contributed by atoms with Gasteiger partial charge >= 0.3 is 5.97 Å². The smallest absolute Gasteiger partial charge is 0.349 e. The zero-order valence-corrected chi connectivity index (χ0v) is 14.6. The Morgan fingerprint density at radius 1 is 1.20 bits per heavy atom. The van der Waals surface area contributed by atoms with E-state index in [1.807, 2.05) is 36.4 Å². The number of carbonyl (C=O) groups excluding carboxylic acids is 1. The normalized spacial score (nSPS) is 11.9. The predicted octanol–water partition coefficient (Wildman–Crippen LogP) is 4.67. The molecule has 0 N–H and O–H groups in total. The monoisotopic (exact) mass is 332 g/mol. The maximum atomic E-state index is 12.0. The van der Waals surface area contributed by atoms with Gasteiger partial charge in [0.15, 0.2) is 0 Å². The van der Waals surface area contributed by atoms with Crippen LogP contribution in [0.5, 0.6) is 0 Å². The molecule has 4 nitrogen and oxygen atoms in total. The van der Waals surface area contributed by atoms with Crippen molar-refractivity contribution in [3.63, 3.8) is 0 Å². The van der Waals surface area contributed by atoms with Gasteiger partial charge in [0, 0.05) is 28.4 Å². The van der Waals surface area contributed by atoms with E-state index < -0.39 is 5.97 Å². The third-order valence-electron chi connectivity index (χ3n) is 4.11. The summed E-state index contributed by atoms with van der Waals surface area (Å²) >= 11 is 0. The molecule has 3 aromatic rings. The Balaban J connectivity index is 2.13. The number of carbonyl (C=O) groups is 1. The van der Waals surface area contributed by atoms with Gasteiger partial charge in [-0.1, -0.05) is 24.3 Å². The van der Waals surface area contributed by atoms with E-state index in [1.54, 1.807) is 19.9 Å². The van der Waals surface area contributed by atoms with Crippen molar-refractivity contribution in [3.05, 3.63) is 53.6 Å². The molecule has 0 aliphatic rings. The van der Waals surface area contributed by atoms with Crippen LogP contribution in [0, 0.1) is 11.3 Å². The van der Waals surface area contributed by atoms with E-state index in [0.29, 0.717) is 0 Å². The summed E-state index contributed by atoms with van der Waals surface area (Å²) in [6.07, 6.45) is 1.33. The lowest BCUT2D eigenvalue weighted by Gasteiger charge is -2.06. The van der Waals surface area contributed by atoms with Crippen molar-refractivity contribution >= 4 is 33.9 Å². The number of aromatic nitrogens is 1. The lowest BCUT2D eigenvalue weighted by molar-refractivity contribution is -0.142. The molecule has 0 amide bonds. The van der Waals surface area contributed by atoms with E-state index in [2.05, 4.69) is 23.6 Å². The molecule has 25 heavy (non-hydrogen) atoms. The zero-order valence-electron chi connectivity index (χ0n) is 14.6. The molecular weight excluding hydrogens is 312 g/mol. The average molecular weight is 332 g/mol. The Kier molecular flexibility index (Phi) is 4.58. The number of nitriles is 1. The van der Waals surface area contributed by atoms with Gasteiger partial charge in [0.2, 0.25) is 0 Å². The Morgan fingerprint density at radius 2 is 1.92 bits per heavy atom. The fourth-order valence-electron chi connectivity index (χ4n) is 3.08. The standard InChI is InChI=1S/C21H20N2O2/c1-4-23-19-8-6-5-7-17(19)18-12-15(9-10-20(18)23)11-16(13-22)21(24)25-14(2)3/h5-12,14H,4H2,1-3H3/b16-11+. The van der Waals surface area contributed by atoms with E-state index in [4.69, 9.17) is 4.74 Å². The van der Waals surface area contributed by atoms with E-state index in [1.165, 1.54) is 5.52 Å². The van der Waals surface area contributed by atoms with Crippen molar-refractivity contribution in [2.45, 2.75) is 33.4 Å². The van der Waals surface area contributed by atoms with Crippen molar-refractivity contribution in [2.75, 3.05) is 0 Å². The first-order valence-corrected chi connectivity index (χ1v) is 8.39. The molecule has 0 bridgehead atoms. The van der Waals surface area contributed by atoms with Gasteiger partial charge in [-0.25, -0.2) is 4.79 Å². The number of aryl methyl sites for hydroxylation is 1. The summed E-state index contributed by atoms with van der Waals surface area (Å²) in [7, 11) is 0. The Bertz CT molecular complexity index is 1020. The molecule has 0 spiro atoms. The lowest BCUT2D eigenvalue weighted by atomic mass is 10.1. The predicted molar refractivity (Wildman–Crippen MR) is 99.9 cm³/mol.